The molecule has 1 aromatic carbocycles. The molecule has 3 heterocycles. The lowest BCUT2D eigenvalue weighted by molar-refractivity contribution is -0.274. The summed E-state index contributed by atoms with van der Waals surface area (Å²) in [5, 5.41) is 12.4. The monoisotopic (exact) mass is 485 g/mol. The van der Waals surface area contributed by atoms with Gasteiger partial charge in [0, 0.05) is 36.9 Å². The number of likely N-dealkylation sites (tertiary alicyclic amines) is 1. The average Bonchev–Trinajstić information content (AvgIpc) is 3.06. The van der Waals surface area contributed by atoms with Crippen LogP contribution in [0.3, 0.4) is 0 Å². The molecule has 1 N–H and O–H groups in total. The van der Waals surface area contributed by atoms with Crippen LogP contribution < -0.4 is 15.0 Å². The first-order valence-corrected chi connectivity index (χ1v) is 11.8. The van der Waals surface area contributed by atoms with E-state index in [-0.39, 0.29) is 30.3 Å². The first-order chi connectivity index (χ1) is 16.8. The zero-order chi connectivity index (χ0) is 24.6. The van der Waals surface area contributed by atoms with Crippen LogP contribution in [0.25, 0.3) is 0 Å². The number of hydrogen-bond acceptors (Lipinski definition) is 6. The molecule has 3 fully saturated rings. The number of fused-ring (bicyclic) bond motifs is 2. The van der Waals surface area contributed by atoms with Crippen molar-refractivity contribution < 1.29 is 22.7 Å². The van der Waals surface area contributed by atoms with E-state index in [2.05, 4.69) is 26.0 Å². The highest BCUT2D eigenvalue weighted by Crippen LogP contribution is 2.42. The fourth-order valence-electron chi connectivity index (χ4n) is 5.53. The number of piperazine rings is 1. The Balaban J connectivity index is 1.22. The normalized spacial score (nSPS) is 22.9. The number of pyridine rings is 1. The van der Waals surface area contributed by atoms with Gasteiger partial charge in [-0.25, -0.2) is 4.98 Å². The lowest BCUT2D eigenvalue weighted by Crippen LogP contribution is -2.58. The molecular weight excluding hydrogens is 459 g/mol. The van der Waals surface area contributed by atoms with E-state index in [0.717, 1.165) is 37.9 Å². The van der Waals surface area contributed by atoms with Crippen LogP contribution in [0.4, 0.5) is 19.0 Å². The van der Waals surface area contributed by atoms with Crippen LogP contribution in [0.15, 0.2) is 42.6 Å². The molecular formula is C25H26F3N5O2. The van der Waals surface area contributed by atoms with Crippen molar-refractivity contribution in [2.24, 2.45) is 0 Å². The van der Waals surface area contributed by atoms with Crippen molar-refractivity contribution in [1.29, 1.82) is 5.26 Å². The summed E-state index contributed by atoms with van der Waals surface area (Å²) < 4.78 is 42.1. The largest absolute Gasteiger partial charge is 0.573 e. The first kappa shape index (κ1) is 23.4. The van der Waals surface area contributed by atoms with Gasteiger partial charge in [-0.2, -0.15) is 5.26 Å². The Hall–Kier alpha value is -3.32. The van der Waals surface area contributed by atoms with Crippen LogP contribution in [0, 0.1) is 11.3 Å². The van der Waals surface area contributed by atoms with Gasteiger partial charge in [0.1, 0.15) is 17.6 Å². The van der Waals surface area contributed by atoms with Gasteiger partial charge in [-0.3, -0.25) is 10.1 Å². The van der Waals surface area contributed by atoms with E-state index in [0.29, 0.717) is 24.2 Å². The summed E-state index contributed by atoms with van der Waals surface area (Å²) in [7, 11) is 0. The van der Waals surface area contributed by atoms with Crippen LogP contribution in [-0.2, 0) is 10.3 Å². The molecule has 1 aromatic heterocycles. The van der Waals surface area contributed by atoms with Gasteiger partial charge in [0.2, 0.25) is 5.91 Å². The minimum atomic E-state index is -4.75. The molecule has 2 bridgehead atoms. The lowest BCUT2D eigenvalue weighted by atomic mass is 9.71. The average molecular weight is 486 g/mol. The Bertz CT molecular complexity index is 1110. The van der Waals surface area contributed by atoms with Crippen molar-refractivity contribution in [3.8, 4) is 11.8 Å². The van der Waals surface area contributed by atoms with Gasteiger partial charge in [0.15, 0.2) is 0 Å². The number of benzene rings is 1. The number of ether oxygens (including phenoxy) is 1. The van der Waals surface area contributed by atoms with E-state index < -0.39 is 11.9 Å². The topological polar surface area (TPSA) is 81.5 Å². The molecule has 2 aliphatic heterocycles. The van der Waals surface area contributed by atoms with E-state index >= 15 is 0 Å². The standard InChI is InChI=1S/C25H26F3N5O2/c26-25(27,28)35-21-4-1-3-18(11-21)24(9-2-10-24)31-14-23(34)32-15-19-6-7-20(16-32)33(19)22-8-5-17(12-29)13-30-22/h1,3-5,8,11,13,19-20,31H,2,6-7,9-10,14-16H2. The molecule has 2 unspecified atom stereocenters. The first-order valence-electron chi connectivity index (χ1n) is 11.8. The van der Waals surface area contributed by atoms with E-state index in [1.807, 2.05) is 11.0 Å². The van der Waals surface area contributed by atoms with Crippen LogP contribution in [0.2, 0.25) is 0 Å². The second-order valence-corrected chi connectivity index (χ2v) is 9.47. The van der Waals surface area contributed by atoms with E-state index in [9.17, 15) is 18.0 Å². The third-order valence-electron chi connectivity index (χ3n) is 7.38. The van der Waals surface area contributed by atoms with Crippen molar-refractivity contribution >= 4 is 11.7 Å². The van der Waals surface area contributed by atoms with Gasteiger partial charge in [-0.1, -0.05) is 12.1 Å². The van der Waals surface area contributed by atoms with Crippen molar-refractivity contribution in [2.45, 2.75) is 56.1 Å². The second kappa shape index (κ2) is 9.04. The molecule has 7 nitrogen and oxygen atoms in total. The number of anilines is 1. The number of nitrogens with one attached hydrogen (secondary N) is 1. The molecule has 2 atom stereocenters. The van der Waals surface area contributed by atoms with Crippen molar-refractivity contribution in [3.63, 3.8) is 0 Å². The Labute approximate surface area is 201 Å². The number of nitriles is 1. The number of carbonyl (C=O) groups is 1. The number of rotatable bonds is 6. The summed E-state index contributed by atoms with van der Waals surface area (Å²) >= 11 is 0. The smallest absolute Gasteiger partial charge is 0.406 e. The SMILES string of the molecule is N#Cc1ccc(N2C3CCC2CN(C(=O)CNC2(c4cccc(OC(F)(F)F)c4)CCC2)C3)nc1. The maximum Gasteiger partial charge on any atom is 0.573 e. The summed E-state index contributed by atoms with van der Waals surface area (Å²) in [6.45, 7) is 1.32. The van der Waals surface area contributed by atoms with Crippen LogP contribution in [0.5, 0.6) is 5.75 Å². The number of hydrogen-bond donors (Lipinski definition) is 1. The maximum atomic E-state index is 13.1. The molecule has 1 saturated carbocycles. The lowest BCUT2D eigenvalue weighted by Gasteiger charge is -2.45. The second-order valence-electron chi connectivity index (χ2n) is 9.47. The number of aromatic nitrogens is 1. The van der Waals surface area contributed by atoms with Crippen molar-refractivity contribution in [3.05, 3.63) is 53.7 Å². The van der Waals surface area contributed by atoms with Gasteiger partial charge in [-0.05, 0) is 61.9 Å². The number of halogens is 3. The highest BCUT2D eigenvalue weighted by molar-refractivity contribution is 5.79. The highest BCUT2D eigenvalue weighted by Gasteiger charge is 2.43. The zero-order valence-electron chi connectivity index (χ0n) is 19.1. The molecule has 10 heteroatoms. The molecule has 35 heavy (non-hydrogen) atoms. The third kappa shape index (κ3) is 4.78. The Morgan fingerprint density at radius 2 is 1.94 bits per heavy atom. The van der Waals surface area contributed by atoms with Crippen molar-refractivity contribution in [1.82, 2.24) is 15.2 Å². The number of alkyl halides is 3. The van der Waals surface area contributed by atoms with Crippen LogP contribution in [0.1, 0.15) is 43.2 Å². The quantitative estimate of drug-likeness (QED) is 0.672. The summed E-state index contributed by atoms with van der Waals surface area (Å²) in [5.74, 6) is 0.568. The van der Waals surface area contributed by atoms with Gasteiger partial charge in [-0.15, -0.1) is 13.2 Å². The molecule has 3 aliphatic rings. The van der Waals surface area contributed by atoms with E-state index in [4.69, 9.17) is 5.26 Å². The summed E-state index contributed by atoms with van der Waals surface area (Å²) in [6, 6.07) is 12.1. The Morgan fingerprint density at radius 3 is 2.51 bits per heavy atom. The molecule has 0 spiro atoms. The molecule has 2 saturated heterocycles. The molecule has 1 amide bonds. The minimum absolute atomic E-state index is 0.0108. The predicted octanol–water partition coefficient (Wildman–Crippen LogP) is 3.70. The summed E-state index contributed by atoms with van der Waals surface area (Å²) in [4.78, 5) is 21.7. The number of amides is 1. The van der Waals surface area contributed by atoms with Crippen molar-refractivity contribution in [2.75, 3.05) is 24.5 Å². The van der Waals surface area contributed by atoms with Gasteiger partial charge in [0.25, 0.3) is 0 Å². The highest BCUT2D eigenvalue weighted by atomic mass is 19.4. The van der Waals surface area contributed by atoms with E-state index in [1.165, 1.54) is 12.1 Å². The number of carbonyl (C=O) groups excluding carboxylic acids is 1. The summed E-state index contributed by atoms with van der Waals surface area (Å²) in [5.41, 5.74) is 0.699. The fourth-order valence-corrected chi connectivity index (χ4v) is 5.53. The minimum Gasteiger partial charge on any atom is -0.406 e. The van der Waals surface area contributed by atoms with Crippen LogP contribution >= 0.6 is 0 Å². The molecule has 5 rings (SSSR count). The Morgan fingerprint density at radius 1 is 1.20 bits per heavy atom. The maximum absolute atomic E-state index is 13.1. The van der Waals surface area contributed by atoms with Gasteiger partial charge >= 0.3 is 6.36 Å². The Kier molecular flexibility index (Phi) is 6.05. The number of nitrogens with zero attached hydrogens (tertiary/aromatic N) is 4. The van der Waals surface area contributed by atoms with E-state index in [1.54, 1.807) is 24.4 Å². The van der Waals surface area contributed by atoms with Gasteiger partial charge < -0.3 is 14.5 Å². The van der Waals surface area contributed by atoms with Crippen LogP contribution in [-0.4, -0.2) is 53.9 Å². The predicted molar refractivity (Wildman–Crippen MR) is 121 cm³/mol. The molecule has 0 radical (unpaired) electrons. The fraction of sp³-hybridized carbons (Fsp3) is 0.480. The summed E-state index contributed by atoms with van der Waals surface area (Å²) in [6.07, 6.45) is 1.20. The van der Waals surface area contributed by atoms with Gasteiger partial charge in [0.05, 0.1) is 12.1 Å². The molecule has 1 aliphatic carbocycles. The third-order valence-corrected chi connectivity index (χ3v) is 7.38. The molecule has 2 aromatic rings. The zero-order valence-corrected chi connectivity index (χ0v) is 19.1. The molecule has 184 valence electrons.